The minimum Gasteiger partial charge on any atom is -0.375 e. The maximum atomic E-state index is 11.7. The number of aliphatic imine (C=N–C) groups is 1. The van der Waals surface area contributed by atoms with Gasteiger partial charge in [-0.05, 0) is 51.7 Å². The lowest BCUT2D eigenvalue weighted by Gasteiger charge is -2.12. The van der Waals surface area contributed by atoms with Gasteiger partial charge in [-0.1, -0.05) is 12.8 Å². The van der Waals surface area contributed by atoms with Crippen LogP contribution in [0.25, 0.3) is 0 Å². The Hall–Kier alpha value is -1.75. The van der Waals surface area contributed by atoms with E-state index in [1.165, 1.54) is 6.34 Å². The fourth-order valence-corrected chi connectivity index (χ4v) is 2.26. The van der Waals surface area contributed by atoms with Gasteiger partial charge in [-0.2, -0.15) is 0 Å². The third kappa shape index (κ3) is 16.2. The zero-order valence-electron chi connectivity index (χ0n) is 16.2. The van der Waals surface area contributed by atoms with E-state index >= 15 is 0 Å². The Morgan fingerprint density at radius 1 is 0.889 bits per heavy atom. The zero-order valence-corrected chi connectivity index (χ0v) is 16.2. The molecule has 0 aromatic carbocycles. The summed E-state index contributed by atoms with van der Waals surface area (Å²) in [5, 5.41) is 18.1. The largest absolute Gasteiger partial charge is 0.375 e. The number of rotatable bonds is 18. The van der Waals surface area contributed by atoms with Crippen molar-refractivity contribution in [2.75, 3.05) is 39.3 Å². The van der Waals surface area contributed by atoms with Crippen molar-refractivity contribution in [3.05, 3.63) is 0 Å². The number of hydrazine groups is 1. The SMILES string of the molecule is NCCCNCCCCNC(=O)C(O)C(=O)NCCCCCCN=CNN. The molecule has 1 atom stereocenters. The Labute approximate surface area is 161 Å². The van der Waals surface area contributed by atoms with Crippen molar-refractivity contribution in [1.82, 2.24) is 21.4 Å². The first-order valence-electron chi connectivity index (χ1n) is 9.72. The molecule has 1 unspecified atom stereocenters. The van der Waals surface area contributed by atoms with Crippen molar-refractivity contribution in [3.8, 4) is 0 Å². The van der Waals surface area contributed by atoms with Crippen LogP contribution in [0.1, 0.15) is 44.9 Å². The molecule has 0 bridgehead atoms. The van der Waals surface area contributed by atoms with E-state index in [1.807, 2.05) is 0 Å². The minimum atomic E-state index is -1.66. The predicted octanol–water partition coefficient (Wildman–Crippen LogP) is -1.65. The molecule has 0 saturated heterocycles. The number of nitrogens with two attached hydrogens (primary N) is 2. The quantitative estimate of drug-likeness (QED) is 0.0369. The molecule has 158 valence electrons. The van der Waals surface area contributed by atoms with E-state index in [2.05, 4.69) is 26.4 Å². The summed E-state index contributed by atoms with van der Waals surface area (Å²) in [6, 6.07) is 0. The summed E-state index contributed by atoms with van der Waals surface area (Å²) in [4.78, 5) is 27.5. The normalized spacial score (nSPS) is 12.1. The second kappa shape index (κ2) is 19.0. The number of unbranched alkanes of at least 4 members (excludes halogenated alkanes) is 4. The summed E-state index contributed by atoms with van der Waals surface area (Å²) in [5.74, 6) is 3.73. The van der Waals surface area contributed by atoms with Gasteiger partial charge in [0.2, 0.25) is 6.10 Å². The van der Waals surface area contributed by atoms with E-state index in [0.717, 1.165) is 58.0 Å². The fourth-order valence-electron chi connectivity index (χ4n) is 2.26. The van der Waals surface area contributed by atoms with Gasteiger partial charge in [0, 0.05) is 19.6 Å². The lowest BCUT2D eigenvalue weighted by molar-refractivity contribution is -0.141. The summed E-state index contributed by atoms with van der Waals surface area (Å²) in [6.45, 7) is 4.00. The summed E-state index contributed by atoms with van der Waals surface area (Å²) >= 11 is 0. The third-order valence-corrected chi connectivity index (χ3v) is 3.81. The molecule has 0 aliphatic carbocycles. The van der Waals surface area contributed by atoms with E-state index in [9.17, 15) is 14.7 Å². The summed E-state index contributed by atoms with van der Waals surface area (Å²) in [6.07, 6.45) is 6.07. The van der Waals surface area contributed by atoms with Crippen molar-refractivity contribution in [3.63, 3.8) is 0 Å². The van der Waals surface area contributed by atoms with Gasteiger partial charge in [0.15, 0.2) is 0 Å². The summed E-state index contributed by atoms with van der Waals surface area (Å²) in [5.41, 5.74) is 7.73. The monoisotopic (exact) mass is 387 g/mol. The van der Waals surface area contributed by atoms with E-state index in [4.69, 9.17) is 11.6 Å². The van der Waals surface area contributed by atoms with Crippen LogP contribution in [0.3, 0.4) is 0 Å². The van der Waals surface area contributed by atoms with Crippen molar-refractivity contribution < 1.29 is 14.7 Å². The summed E-state index contributed by atoms with van der Waals surface area (Å²) < 4.78 is 0. The van der Waals surface area contributed by atoms with Crippen molar-refractivity contribution in [1.29, 1.82) is 0 Å². The van der Waals surface area contributed by atoms with Gasteiger partial charge in [-0.25, -0.2) is 5.84 Å². The van der Waals surface area contributed by atoms with Gasteiger partial charge in [0.25, 0.3) is 11.8 Å². The molecule has 0 radical (unpaired) electrons. The van der Waals surface area contributed by atoms with Gasteiger partial charge in [-0.15, -0.1) is 0 Å². The van der Waals surface area contributed by atoms with E-state index in [-0.39, 0.29) is 0 Å². The van der Waals surface area contributed by atoms with Gasteiger partial charge in [-0.3, -0.25) is 14.6 Å². The Kier molecular flexibility index (Phi) is 17.8. The molecule has 10 nitrogen and oxygen atoms in total. The van der Waals surface area contributed by atoms with Crippen LogP contribution in [0.2, 0.25) is 0 Å². The van der Waals surface area contributed by atoms with Crippen molar-refractivity contribution in [2.24, 2.45) is 16.6 Å². The van der Waals surface area contributed by atoms with Gasteiger partial charge < -0.3 is 32.2 Å². The molecule has 0 spiro atoms. The lowest BCUT2D eigenvalue weighted by atomic mass is 10.2. The Bertz CT molecular complexity index is 408. The molecule has 0 rings (SSSR count). The number of aliphatic hydroxyl groups excluding tert-OH is 1. The molecule has 0 aromatic rings. The fraction of sp³-hybridized carbons (Fsp3) is 0.824. The Morgan fingerprint density at radius 3 is 2.07 bits per heavy atom. The molecule has 10 heteroatoms. The van der Waals surface area contributed by atoms with Crippen LogP contribution < -0.4 is 33.0 Å². The second-order valence-corrected chi connectivity index (χ2v) is 6.20. The molecule has 2 amide bonds. The molecule has 0 aromatic heterocycles. The topological polar surface area (TPSA) is 167 Å². The van der Waals surface area contributed by atoms with E-state index < -0.39 is 17.9 Å². The molecule has 0 aliphatic rings. The zero-order chi connectivity index (χ0) is 20.2. The number of amides is 2. The molecule has 0 aliphatic heterocycles. The first-order chi connectivity index (χ1) is 13.1. The summed E-state index contributed by atoms with van der Waals surface area (Å²) in [7, 11) is 0. The first-order valence-corrected chi connectivity index (χ1v) is 9.72. The van der Waals surface area contributed by atoms with Crippen LogP contribution in [0, 0.1) is 0 Å². The lowest BCUT2D eigenvalue weighted by Crippen LogP contribution is -2.46. The standard InChI is InChI=1S/C17H37N7O3/c18-8-7-11-20-9-5-6-13-23-17(27)15(25)16(26)22-12-4-2-1-3-10-21-14-24-19/h14-15,20,25H,1-13,18-19H2,(H,21,24)(H,22,26)(H,23,27). The van der Waals surface area contributed by atoms with Crippen molar-refractivity contribution in [2.45, 2.75) is 51.0 Å². The molecular weight excluding hydrogens is 350 g/mol. The van der Waals surface area contributed by atoms with Gasteiger partial charge in [0.05, 0.1) is 6.34 Å². The molecule has 0 fully saturated rings. The smallest absolute Gasteiger partial charge is 0.258 e. The van der Waals surface area contributed by atoms with Crippen LogP contribution >= 0.6 is 0 Å². The third-order valence-electron chi connectivity index (χ3n) is 3.81. The first kappa shape index (κ1) is 25.2. The number of hydrogen-bond donors (Lipinski definition) is 7. The molecule has 0 heterocycles. The van der Waals surface area contributed by atoms with Crippen LogP contribution in [-0.2, 0) is 9.59 Å². The van der Waals surface area contributed by atoms with E-state index in [0.29, 0.717) is 26.2 Å². The highest BCUT2D eigenvalue weighted by Crippen LogP contribution is 1.99. The molecule has 0 saturated carbocycles. The van der Waals surface area contributed by atoms with E-state index in [1.54, 1.807) is 0 Å². The number of carbonyl (C=O) groups excluding carboxylic acids is 2. The highest BCUT2D eigenvalue weighted by Gasteiger charge is 2.22. The average molecular weight is 388 g/mol. The number of nitrogens with one attached hydrogen (secondary N) is 4. The molecular formula is C17H37N7O3. The maximum absolute atomic E-state index is 11.7. The van der Waals surface area contributed by atoms with Crippen LogP contribution in [0.15, 0.2) is 4.99 Å². The number of hydrogen-bond acceptors (Lipinski definition) is 7. The van der Waals surface area contributed by atoms with Crippen LogP contribution in [-0.4, -0.2) is 68.6 Å². The number of aliphatic hydroxyl groups is 1. The number of carbonyl (C=O) groups is 2. The van der Waals surface area contributed by atoms with Gasteiger partial charge in [0.1, 0.15) is 0 Å². The number of nitrogens with zero attached hydrogens (tertiary/aromatic N) is 1. The molecule has 27 heavy (non-hydrogen) atoms. The maximum Gasteiger partial charge on any atom is 0.258 e. The minimum absolute atomic E-state index is 0.434. The second-order valence-electron chi connectivity index (χ2n) is 6.20. The highest BCUT2D eigenvalue weighted by molar-refractivity contribution is 6.02. The van der Waals surface area contributed by atoms with Crippen LogP contribution in [0.5, 0.6) is 0 Å². The Balaban J connectivity index is 3.57. The predicted molar refractivity (Wildman–Crippen MR) is 107 cm³/mol. The molecule has 9 N–H and O–H groups in total. The Morgan fingerprint density at radius 2 is 1.44 bits per heavy atom. The highest BCUT2D eigenvalue weighted by atomic mass is 16.3. The van der Waals surface area contributed by atoms with Crippen LogP contribution in [0.4, 0.5) is 0 Å². The van der Waals surface area contributed by atoms with Crippen molar-refractivity contribution >= 4 is 18.2 Å². The average Bonchev–Trinajstić information content (AvgIpc) is 2.67. The van der Waals surface area contributed by atoms with Gasteiger partial charge >= 0.3 is 0 Å².